The number of ketones is 1. The lowest BCUT2D eigenvalue weighted by Gasteiger charge is -1.96. The Balaban J connectivity index is -0.000000256. The van der Waals surface area contributed by atoms with Crippen LogP contribution in [0.3, 0.4) is 0 Å². The lowest BCUT2D eigenvalue weighted by Crippen LogP contribution is -2.03. The van der Waals surface area contributed by atoms with E-state index >= 15 is 0 Å². The number of allylic oxidation sites excluding steroid dienone is 11. The summed E-state index contributed by atoms with van der Waals surface area (Å²) in [7, 11) is -7.15. The molecule has 0 spiro atoms. The van der Waals surface area contributed by atoms with E-state index in [4.69, 9.17) is 0 Å². The molecule has 35 heavy (non-hydrogen) atoms. The standard InChI is InChI=1S/C20H20O5S2.6CH4.I2/c1-13-14(2)18(26(22,23)16(13)4)11-9-7-6-8-10-12-19-20(21)15(3)17(5)27(19,24)25;;;;;;;1-2/h6,8,10-12H,1-5H3;6*1H4;. The maximum atomic E-state index is 12.2. The van der Waals surface area contributed by atoms with E-state index in [0.717, 1.165) is 5.57 Å². The Morgan fingerprint density at radius 1 is 0.657 bits per heavy atom. The van der Waals surface area contributed by atoms with E-state index in [2.05, 4.69) is 48.7 Å². The van der Waals surface area contributed by atoms with Crippen LogP contribution in [0.5, 0.6) is 0 Å². The summed E-state index contributed by atoms with van der Waals surface area (Å²) in [6, 6.07) is 0. The van der Waals surface area contributed by atoms with E-state index in [1.807, 2.05) is 0 Å². The van der Waals surface area contributed by atoms with Gasteiger partial charge in [-0.15, -0.1) is 0 Å². The predicted molar refractivity (Wildman–Crippen MR) is 174 cm³/mol. The van der Waals surface area contributed by atoms with Crippen LogP contribution in [-0.2, 0) is 24.5 Å². The minimum atomic E-state index is -3.70. The van der Waals surface area contributed by atoms with E-state index < -0.39 is 25.5 Å². The van der Waals surface area contributed by atoms with E-state index in [9.17, 15) is 21.6 Å². The second kappa shape index (κ2) is 19.2. The third-order valence-electron chi connectivity index (χ3n) is 4.76. The molecule has 5 nitrogen and oxygen atoms in total. The van der Waals surface area contributed by atoms with E-state index in [-0.39, 0.29) is 64.8 Å². The Labute approximate surface area is 239 Å². The summed E-state index contributed by atoms with van der Waals surface area (Å²) in [5.74, 6) is -0.497. The third kappa shape index (κ3) is 9.78. The molecule has 0 aromatic rings. The number of Topliss-reactive ketones (excluding diaryl/α,β-unsaturated/α-hetero) is 1. The Morgan fingerprint density at radius 2 is 1.11 bits per heavy atom. The first kappa shape index (κ1) is 47.3. The van der Waals surface area contributed by atoms with Crippen molar-refractivity contribution < 1.29 is 21.6 Å². The molecule has 0 N–H and O–H groups in total. The molecule has 0 aromatic carbocycles. The van der Waals surface area contributed by atoms with Gasteiger partial charge in [-0.25, -0.2) is 16.8 Å². The van der Waals surface area contributed by atoms with E-state index in [0.29, 0.717) is 10.5 Å². The van der Waals surface area contributed by atoms with Crippen LogP contribution in [0.4, 0.5) is 0 Å². The van der Waals surface area contributed by atoms with Crippen molar-refractivity contribution in [1.29, 1.82) is 0 Å². The van der Waals surface area contributed by atoms with Gasteiger partial charge < -0.3 is 0 Å². The summed E-state index contributed by atoms with van der Waals surface area (Å²) in [6.07, 6.45) is 6.94. The summed E-state index contributed by atoms with van der Waals surface area (Å²) >= 11 is 4.24. The first-order chi connectivity index (χ1) is 13.4. The van der Waals surface area contributed by atoms with Crippen molar-refractivity contribution in [2.75, 3.05) is 0 Å². The van der Waals surface area contributed by atoms with Crippen LogP contribution in [-0.4, -0.2) is 22.6 Å². The SMILES string of the molecule is C.C.C.C.C.C.CC1=C(C)S(=O)(=O)C(=CC=CC=C=C=CC2=C(C)C(C)=C(C)S2(=O)=O)C1=O.II. The number of rotatable bonds is 3. The molecule has 0 aliphatic carbocycles. The van der Waals surface area contributed by atoms with Gasteiger partial charge in [0.25, 0.3) is 0 Å². The zero-order valence-electron chi connectivity index (χ0n) is 16.5. The third-order valence-corrected chi connectivity index (χ3v) is 8.89. The Morgan fingerprint density at radius 3 is 1.49 bits per heavy atom. The largest absolute Gasteiger partial charge is 0.288 e. The zero-order chi connectivity index (χ0) is 22.6. The fraction of sp³-hybridized carbons (Fsp3) is 0.423. The smallest absolute Gasteiger partial charge is 0.206 e. The number of hydrogen-bond acceptors (Lipinski definition) is 5. The molecule has 2 aliphatic rings. The van der Waals surface area contributed by atoms with Crippen LogP contribution in [0.1, 0.15) is 79.2 Å². The molecule has 0 saturated carbocycles. The number of halogens is 2. The molecule has 0 atom stereocenters. The minimum absolute atomic E-state index is 0. The van der Waals surface area contributed by atoms with Gasteiger partial charge in [0.05, 0.1) is 9.81 Å². The summed E-state index contributed by atoms with van der Waals surface area (Å²) in [6.45, 7) is 7.96. The Kier molecular flexibility index (Phi) is 25.9. The van der Waals surface area contributed by atoms with Crippen LogP contribution in [0, 0.1) is 0 Å². The molecule has 2 heterocycles. The second-order valence-electron chi connectivity index (χ2n) is 6.20. The van der Waals surface area contributed by atoms with Gasteiger partial charge in [0, 0.05) is 53.8 Å². The second-order valence-corrected chi connectivity index (χ2v) is 10.3. The summed E-state index contributed by atoms with van der Waals surface area (Å²) < 4.78 is 48.6. The molecule has 0 radical (unpaired) electrons. The number of sulfone groups is 2. The van der Waals surface area contributed by atoms with Crippen molar-refractivity contribution in [1.82, 2.24) is 0 Å². The van der Waals surface area contributed by atoms with Crippen molar-refractivity contribution in [3.05, 3.63) is 78.2 Å². The van der Waals surface area contributed by atoms with Crippen molar-refractivity contribution >= 4 is 62.7 Å². The molecule has 0 amide bonds. The Hall–Kier alpha value is -0.970. The van der Waals surface area contributed by atoms with Crippen LogP contribution < -0.4 is 0 Å². The molecule has 2 aliphatic heterocycles. The quantitative estimate of drug-likeness (QED) is 0.124. The maximum Gasteiger partial charge on any atom is 0.206 e. The van der Waals surface area contributed by atoms with Crippen molar-refractivity contribution in [3.63, 3.8) is 0 Å². The number of carbonyl (C=O) groups is 1. The lowest BCUT2D eigenvalue weighted by molar-refractivity contribution is -0.111. The molecular formula is C26H44I2O5S2. The van der Waals surface area contributed by atoms with Crippen LogP contribution in [0.25, 0.3) is 0 Å². The van der Waals surface area contributed by atoms with Crippen molar-refractivity contribution in [3.8, 4) is 0 Å². The topological polar surface area (TPSA) is 85.3 Å². The van der Waals surface area contributed by atoms with Gasteiger partial charge in [-0.1, -0.05) is 68.2 Å². The molecule has 0 fully saturated rings. The highest BCUT2D eigenvalue weighted by Crippen LogP contribution is 2.35. The average Bonchev–Trinajstić information content (AvgIpc) is 2.92. The fourth-order valence-electron chi connectivity index (χ4n) is 2.60. The van der Waals surface area contributed by atoms with Crippen LogP contribution >= 0.6 is 37.2 Å². The van der Waals surface area contributed by atoms with E-state index in [1.54, 1.807) is 20.8 Å². The average molecular weight is 755 g/mol. The van der Waals surface area contributed by atoms with Crippen LogP contribution in [0.2, 0.25) is 0 Å². The Bertz CT molecular complexity index is 1210. The lowest BCUT2D eigenvalue weighted by atomic mass is 10.1. The monoisotopic (exact) mass is 754 g/mol. The first-order valence-corrected chi connectivity index (χ1v) is 17.5. The van der Waals surface area contributed by atoms with E-state index in [1.165, 1.54) is 44.2 Å². The van der Waals surface area contributed by atoms with Crippen LogP contribution in [0.15, 0.2) is 78.2 Å². The highest BCUT2D eigenvalue weighted by atomic mass is 128. The fourth-order valence-corrected chi connectivity index (χ4v) is 5.74. The molecule has 0 saturated heterocycles. The highest BCUT2D eigenvalue weighted by Gasteiger charge is 2.36. The van der Waals surface area contributed by atoms with Gasteiger partial charge >= 0.3 is 0 Å². The van der Waals surface area contributed by atoms with Gasteiger partial charge in [-0.2, -0.15) is 0 Å². The van der Waals surface area contributed by atoms with Gasteiger partial charge in [0.15, 0.2) is 0 Å². The summed E-state index contributed by atoms with van der Waals surface area (Å²) in [5, 5.41) is 0. The normalized spacial score (nSPS) is 17.7. The van der Waals surface area contributed by atoms with Crippen molar-refractivity contribution in [2.45, 2.75) is 79.2 Å². The molecule has 0 unspecified atom stereocenters. The molecule has 0 aromatic heterocycles. The molecular weight excluding hydrogens is 710 g/mol. The number of hydrogen-bond donors (Lipinski definition) is 0. The van der Waals surface area contributed by atoms with Gasteiger partial charge in [0.1, 0.15) is 4.91 Å². The molecule has 9 heteroatoms. The summed E-state index contributed by atoms with van der Waals surface area (Å²) in [4.78, 5) is 12.3. The summed E-state index contributed by atoms with van der Waals surface area (Å²) in [5.41, 5.74) is 6.98. The van der Waals surface area contributed by atoms with Gasteiger partial charge in [0.2, 0.25) is 25.5 Å². The maximum absolute atomic E-state index is 12.2. The highest BCUT2D eigenvalue weighted by molar-refractivity contribution is 15.0. The molecule has 0 bridgehead atoms. The molecule has 2 rings (SSSR count). The number of carbonyl (C=O) groups excluding carboxylic acids is 1. The predicted octanol–water partition coefficient (Wildman–Crippen LogP) is 9.17. The zero-order valence-corrected chi connectivity index (χ0v) is 22.4. The first-order valence-electron chi connectivity index (χ1n) is 8.23. The van der Waals surface area contributed by atoms with Gasteiger partial charge in [-0.3, -0.25) is 4.79 Å². The van der Waals surface area contributed by atoms with Crippen molar-refractivity contribution in [2.24, 2.45) is 0 Å². The minimum Gasteiger partial charge on any atom is -0.288 e. The molecule has 204 valence electrons. The van der Waals surface area contributed by atoms with Gasteiger partial charge in [-0.05, 0) is 57.9 Å².